The van der Waals surface area contributed by atoms with E-state index < -0.39 is 5.25 Å². The number of anilines is 1. The van der Waals surface area contributed by atoms with E-state index in [4.69, 9.17) is 4.74 Å². The van der Waals surface area contributed by atoms with Gasteiger partial charge in [0.2, 0.25) is 5.91 Å². The number of aromatic nitrogens is 3. The van der Waals surface area contributed by atoms with Gasteiger partial charge < -0.3 is 14.6 Å². The Hall–Kier alpha value is -3.10. The molecule has 32 heavy (non-hydrogen) atoms. The zero-order valence-electron chi connectivity index (χ0n) is 17.9. The number of thioether (sulfide) groups is 1. The fourth-order valence-electron chi connectivity index (χ4n) is 3.23. The van der Waals surface area contributed by atoms with Crippen molar-refractivity contribution in [2.24, 2.45) is 7.05 Å². The third kappa shape index (κ3) is 5.20. The summed E-state index contributed by atoms with van der Waals surface area (Å²) >= 11 is 3.08. The Balaban J connectivity index is 1.58. The molecule has 6 nitrogen and oxygen atoms in total. The molecular formula is C24H24N4O2S2. The van der Waals surface area contributed by atoms with Crippen LogP contribution in [0.2, 0.25) is 0 Å². The summed E-state index contributed by atoms with van der Waals surface area (Å²) in [5, 5.41) is 14.0. The van der Waals surface area contributed by atoms with Gasteiger partial charge in [-0.1, -0.05) is 60.3 Å². The zero-order chi connectivity index (χ0) is 22.3. The van der Waals surface area contributed by atoms with Crippen molar-refractivity contribution in [2.45, 2.75) is 23.8 Å². The number of carbonyl (C=O) groups excluding carboxylic acids is 1. The lowest BCUT2D eigenvalue weighted by molar-refractivity contribution is -0.115. The largest absolute Gasteiger partial charge is 0.492 e. The van der Waals surface area contributed by atoms with Gasteiger partial charge in [-0.05, 0) is 36.1 Å². The molecule has 4 rings (SSSR count). The molecule has 0 bridgehead atoms. The fourth-order valence-corrected chi connectivity index (χ4v) is 4.95. The molecule has 0 aliphatic carbocycles. The molecule has 2 heterocycles. The first-order valence-corrected chi connectivity index (χ1v) is 12.1. The van der Waals surface area contributed by atoms with Crippen LogP contribution in [0.1, 0.15) is 28.4 Å². The van der Waals surface area contributed by atoms with Gasteiger partial charge in [0.25, 0.3) is 0 Å². The van der Waals surface area contributed by atoms with Gasteiger partial charge in [-0.25, -0.2) is 0 Å². The number of benzene rings is 2. The molecule has 0 saturated heterocycles. The third-order valence-electron chi connectivity index (χ3n) is 4.85. The normalized spacial score (nSPS) is 11.8. The first-order valence-electron chi connectivity index (χ1n) is 10.3. The average Bonchev–Trinajstić information content (AvgIpc) is 3.45. The summed E-state index contributed by atoms with van der Waals surface area (Å²) in [7, 11) is 1.94. The second kappa shape index (κ2) is 10.5. The molecule has 0 radical (unpaired) electrons. The van der Waals surface area contributed by atoms with Crippen molar-refractivity contribution >= 4 is 34.7 Å². The molecule has 4 aromatic rings. The van der Waals surface area contributed by atoms with Gasteiger partial charge in [0.05, 0.1) is 12.3 Å². The van der Waals surface area contributed by atoms with E-state index in [1.807, 2.05) is 79.2 Å². The van der Waals surface area contributed by atoms with Crippen molar-refractivity contribution in [3.05, 3.63) is 88.4 Å². The molecule has 0 saturated carbocycles. The van der Waals surface area contributed by atoms with Gasteiger partial charge >= 0.3 is 0 Å². The number of amides is 1. The number of thiophene rings is 1. The number of carbonyl (C=O) groups is 1. The van der Waals surface area contributed by atoms with Crippen LogP contribution in [0, 0.1) is 0 Å². The predicted octanol–water partition coefficient (Wildman–Crippen LogP) is 5.34. The van der Waals surface area contributed by atoms with Crippen LogP contribution >= 0.6 is 23.1 Å². The Morgan fingerprint density at radius 3 is 2.62 bits per heavy atom. The van der Waals surface area contributed by atoms with Crippen LogP contribution in [0.15, 0.2) is 77.3 Å². The van der Waals surface area contributed by atoms with Crippen LogP contribution in [0.25, 0.3) is 0 Å². The Morgan fingerprint density at radius 2 is 1.88 bits per heavy atom. The van der Waals surface area contributed by atoms with E-state index in [9.17, 15) is 4.79 Å². The molecular weight excluding hydrogens is 440 g/mol. The molecule has 0 fully saturated rings. The topological polar surface area (TPSA) is 69.0 Å². The van der Waals surface area contributed by atoms with Gasteiger partial charge in [-0.3, -0.25) is 4.79 Å². The smallest absolute Gasteiger partial charge is 0.242 e. The van der Waals surface area contributed by atoms with Gasteiger partial charge in [0.15, 0.2) is 5.16 Å². The zero-order valence-corrected chi connectivity index (χ0v) is 19.5. The lowest BCUT2D eigenvalue weighted by Gasteiger charge is -2.18. The fraction of sp³-hybridized carbons (Fsp3) is 0.208. The van der Waals surface area contributed by atoms with Crippen molar-refractivity contribution < 1.29 is 9.53 Å². The second-order valence-corrected chi connectivity index (χ2v) is 9.15. The predicted molar refractivity (Wildman–Crippen MR) is 129 cm³/mol. The first kappa shape index (κ1) is 22.1. The number of para-hydroxylation sites is 2. The number of nitrogens with one attached hydrogen (secondary N) is 1. The van der Waals surface area contributed by atoms with Gasteiger partial charge in [0, 0.05) is 18.3 Å². The monoisotopic (exact) mass is 464 g/mol. The highest BCUT2D eigenvalue weighted by molar-refractivity contribution is 8.00. The van der Waals surface area contributed by atoms with E-state index in [1.54, 1.807) is 11.3 Å². The standard InChI is InChI=1S/C24H24N4O2S2/c1-3-30-20-14-8-7-13-19(20)25-23(29)22(17-10-5-4-6-11-17)32-24-27-26-21(28(24)2)16-18-12-9-15-31-18/h4-15,22H,3,16H2,1-2H3,(H,25,29). The average molecular weight is 465 g/mol. The third-order valence-corrected chi connectivity index (χ3v) is 7.01. The van der Waals surface area contributed by atoms with Crippen molar-refractivity contribution in [3.8, 4) is 5.75 Å². The summed E-state index contributed by atoms with van der Waals surface area (Å²) in [5.74, 6) is 1.37. The van der Waals surface area contributed by atoms with E-state index in [-0.39, 0.29) is 5.91 Å². The summed E-state index contributed by atoms with van der Waals surface area (Å²) in [5.41, 5.74) is 1.55. The summed E-state index contributed by atoms with van der Waals surface area (Å²) in [6, 6.07) is 21.3. The Bertz CT molecular complexity index is 1160. The van der Waals surface area contributed by atoms with Crippen molar-refractivity contribution in [3.63, 3.8) is 0 Å². The number of hydrogen-bond donors (Lipinski definition) is 1. The summed E-state index contributed by atoms with van der Waals surface area (Å²) in [4.78, 5) is 14.6. The van der Waals surface area contributed by atoms with Crippen molar-refractivity contribution in [1.82, 2.24) is 14.8 Å². The van der Waals surface area contributed by atoms with Crippen LogP contribution in [0.4, 0.5) is 5.69 Å². The molecule has 1 N–H and O–H groups in total. The number of rotatable bonds is 9. The highest BCUT2D eigenvalue weighted by Crippen LogP contribution is 2.36. The molecule has 0 spiro atoms. The highest BCUT2D eigenvalue weighted by atomic mass is 32.2. The lowest BCUT2D eigenvalue weighted by atomic mass is 10.1. The molecule has 0 aliphatic heterocycles. The lowest BCUT2D eigenvalue weighted by Crippen LogP contribution is -2.20. The number of hydrogen-bond acceptors (Lipinski definition) is 6. The molecule has 164 valence electrons. The summed E-state index contributed by atoms with van der Waals surface area (Å²) < 4.78 is 7.63. The van der Waals surface area contributed by atoms with Crippen LogP contribution in [-0.4, -0.2) is 27.3 Å². The van der Waals surface area contributed by atoms with Gasteiger partial charge in [-0.15, -0.1) is 21.5 Å². The number of nitrogens with zero attached hydrogens (tertiary/aromatic N) is 3. The van der Waals surface area contributed by atoms with E-state index in [2.05, 4.69) is 27.0 Å². The minimum atomic E-state index is -0.497. The quantitative estimate of drug-likeness (QED) is 0.339. The Labute approximate surface area is 195 Å². The summed E-state index contributed by atoms with van der Waals surface area (Å²) in [6.07, 6.45) is 0.714. The highest BCUT2D eigenvalue weighted by Gasteiger charge is 2.26. The maximum absolute atomic E-state index is 13.4. The summed E-state index contributed by atoms with van der Waals surface area (Å²) in [6.45, 7) is 2.44. The van der Waals surface area contributed by atoms with E-state index in [1.165, 1.54) is 16.6 Å². The maximum atomic E-state index is 13.4. The maximum Gasteiger partial charge on any atom is 0.242 e. The molecule has 1 amide bonds. The van der Waals surface area contributed by atoms with Gasteiger partial charge in [0.1, 0.15) is 16.8 Å². The van der Waals surface area contributed by atoms with Crippen LogP contribution in [-0.2, 0) is 18.3 Å². The SMILES string of the molecule is CCOc1ccccc1NC(=O)C(Sc1nnc(Cc2cccs2)n1C)c1ccccc1. The minimum Gasteiger partial charge on any atom is -0.492 e. The molecule has 2 aromatic heterocycles. The Morgan fingerprint density at radius 1 is 1.09 bits per heavy atom. The van der Waals surface area contributed by atoms with E-state index in [0.29, 0.717) is 29.6 Å². The molecule has 2 aromatic carbocycles. The van der Waals surface area contributed by atoms with E-state index >= 15 is 0 Å². The molecule has 1 atom stereocenters. The second-order valence-electron chi connectivity index (χ2n) is 7.04. The van der Waals surface area contributed by atoms with Crippen molar-refractivity contribution in [2.75, 3.05) is 11.9 Å². The van der Waals surface area contributed by atoms with Crippen LogP contribution in [0.5, 0.6) is 5.75 Å². The Kier molecular flexibility index (Phi) is 7.24. The van der Waals surface area contributed by atoms with Gasteiger partial charge in [-0.2, -0.15) is 0 Å². The van der Waals surface area contributed by atoms with Crippen LogP contribution in [0.3, 0.4) is 0 Å². The molecule has 0 aliphatic rings. The molecule has 8 heteroatoms. The number of ether oxygens (including phenoxy) is 1. The first-order chi connectivity index (χ1) is 15.7. The minimum absolute atomic E-state index is 0.142. The van der Waals surface area contributed by atoms with Crippen molar-refractivity contribution in [1.29, 1.82) is 0 Å². The van der Waals surface area contributed by atoms with Crippen LogP contribution < -0.4 is 10.1 Å². The molecule has 1 unspecified atom stereocenters. The van der Waals surface area contributed by atoms with E-state index in [0.717, 1.165) is 11.4 Å².